The van der Waals surface area contributed by atoms with E-state index in [1.807, 2.05) is 13.0 Å². The van der Waals surface area contributed by atoms with Crippen molar-refractivity contribution in [2.75, 3.05) is 0 Å². The highest BCUT2D eigenvalue weighted by Gasteiger charge is 2.18. The van der Waals surface area contributed by atoms with Crippen molar-refractivity contribution in [2.24, 2.45) is 0 Å². The van der Waals surface area contributed by atoms with Gasteiger partial charge in [0, 0.05) is 10.4 Å². The highest BCUT2D eigenvalue weighted by atomic mass is 32.1. The molecule has 0 atom stereocenters. The summed E-state index contributed by atoms with van der Waals surface area (Å²) in [7, 11) is 0. The number of nitrogens with zero attached hydrogens (tertiary/aromatic N) is 2. The second kappa shape index (κ2) is 7.67. The fourth-order valence-electron chi connectivity index (χ4n) is 3.30. The SMILES string of the molecule is Cc1ccc(-c2c(C)sc3ncn(CC(=O)NCc4ccco4)c(=O)c23)cc1C. The Balaban J connectivity index is 1.68. The van der Waals surface area contributed by atoms with Gasteiger partial charge in [0.05, 0.1) is 24.5 Å². The third-order valence-electron chi connectivity index (χ3n) is 5.00. The van der Waals surface area contributed by atoms with Crippen LogP contribution in [0.15, 0.2) is 52.1 Å². The molecule has 6 nitrogen and oxygen atoms in total. The van der Waals surface area contributed by atoms with Gasteiger partial charge in [-0.05, 0) is 49.6 Å². The Hall–Kier alpha value is -3.19. The van der Waals surface area contributed by atoms with E-state index in [1.165, 1.54) is 33.4 Å². The lowest BCUT2D eigenvalue weighted by molar-refractivity contribution is -0.122. The van der Waals surface area contributed by atoms with E-state index in [0.717, 1.165) is 16.0 Å². The molecule has 0 bridgehead atoms. The van der Waals surface area contributed by atoms with Crippen molar-refractivity contribution < 1.29 is 9.21 Å². The molecule has 148 valence electrons. The number of nitrogens with one attached hydrogen (secondary N) is 1. The summed E-state index contributed by atoms with van der Waals surface area (Å²) in [5, 5.41) is 3.32. The van der Waals surface area contributed by atoms with Gasteiger partial charge in [-0.3, -0.25) is 14.2 Å². The molecule has 0 radical (unpaired) electrons. The predicted octanol–water partition coefficient (Wildman–Crippen LogP) is 3.96. The van der Waals surface area contributed by atoms with E-state index in [1.54, 1.807) is 18.4 Å². The fourth-order valence-corrected chi connectivity index (χ4v) is 4.31. The van der Waals surface area contributed by atoms with Crippen LogP contribution in [0.4, 0.5) is 0 Å². The lowest BCUT2D eigenvalue weighted by Gasteiger charge is -2.08. The van der Waals surface area contributed by atoms with Gasteiger partial charge in [-0.1, -0.05) is 18.2 Å². The Bertz CT molecular complexity index is 1250. The molecule has 0 saturated heterocycles. The number of thiophene rings is 1. The third kappa shape index (κ3) is 3.73. The average Bonchev–Trinajstić information content (AvgIpc) is 3.32. The maximum atomic E-state index is 13.2. The quantitative estimate of drug-likeness (QED) is 0.543. The number of fused-ring (bicyclic) bond motifs is 1. The first-order valence-electron chi connectivity index (χ1n) is 9.29. The Morgan fingerprint density at radius 2 is 2.03 bits per heavy atom. The van der Waals surface area contributed by atoms with Gasteiger partial charge in [-0.15, -0.1) is 11.3 Å². The summed E-state index contributed by atoms with van der Waals surface area (Å²) in [4.78, 5) is 31.6. The number of furan rings is 1. The van der Waals surface area contributed by atoms with Crippen LogP contribution in [0, 0.1) is 20.8 Å². The average molecular weight is 407 g/mol. The highest BCUT2D eigenvalue weighted by Crippen LogP contribution is 2.36. The summed E-state index contributed by atoms with van der Waals surface area (Å²) in [5.41, 5.74) is 4.06. The van der Waals surface area contributed by atoms with Crippen LogP contribution in [0.5, 0.6) is 0 Å². The van der Waals surface area contributed by atoms with E-state index in [-0.39, 0.29) is 24.6 Å². The lowest BCUT2D eigenvalue weighted by Crippen LogP contribution is -2.32. The number of hydrogen-bond donors (Lipinski definition) is 1. The third-order valence-corrected chi connectivity index (χ3v) is 6.02. The number of aromatic nitrogens is 2. The van der Waals surface area contributed by atoms with Crippen molar-refractivity contribution in [3.05, 3.63) is 75.0 Å². The summed E-state index contributed by atoms with van der Waals surface area (Å²) >= 11 is 1.50. The van der Waals surface area contributed by atoms with E-state index in [2.05, 4.69) is 36.3 Å². The highest BCUT2D eigenvalue weighted by molar-refractivity contribution is 7.19. The molecule has 29 heavy (non-hydrogen) atoms. The van der Waals surface area contributed by atoms with Gasteiger partial charge >= 0.3 is 0 Å². The maximum Gasteiger partial charge on any atom is 0.263 e. The number of carbonyl (C=O) groups excluding carboxylic acids is 1. The van der Waals surface area contributed by atoms with Gasteiger partial charge in [-0.2, -0.15) is 0 Å². The van der Waals surface area contributed by atoms with Crippen LogP contribution in [-0.2, 0) is 17.9 Å². The van der Waals surface area contributed by atoms with Crippen LogP contribution in [0.2, 0.25) is 0 Å². The Morgan fingerprint density at radius 1 is 1.21 bits per heavy atom. The number of aryl methyl sites for hydroxylation is 3. The van der Waals surface area contributed by atoms with Gasteiger partial charge in [0.15, 0.2) is 0 Å². The van der Waals surface area contributed by atoms with E-state index < -0.39 is 0 Å². The Labute approximate surface area is 171 Å². The molecule has 0 unspecified atom stereocenters. The number of benzene rings is 1. The molecule has 1 aromatic carbocycles. The topological polar surface area (TPSA) is 77.1 Å². The Kier molecular flexibility index (Phi) is 5.07. The fraction of sp³-hybridized carbons (Fsp3) is 0.227. The molecule has 1 amide bonds. The van der Waals surface area contributed by atoms with E-state index in [0.29, 0.717) is 16.0 Å². The first kappa shape index (κ1) is 19.1. The smallest absolute Gasteiger partial charge is 0.263 e. The summed E-state index contributed by atoms with van der Waals surface area (Å²) in [6.07, 6.45) is 2.99. The second-order valence-corrected chi connectivity index (χ2v) is 8.25. The standard InChI is InChI=1S/C22H21N3O3S/c1-13-6-7-16(9-14(13)2)19-15(3)29-21-20(19)22(27)25(12-24-21)11-18(26)23-10-17-5-4-8-28-17/h4-9,12H,10-11H2,1-3H3,(H,23,26). The van der Waals surface area contributed by atoms with Crippen LogP contribution >= 0.6 is 11.3 Å². The van der Waals surface area contributed by atoms with E-state index >= 15 is 0 Å². The number of hydrogen-bond acceptors (Lipinski definition) is 5. The molecule has 4 rings (SSSR count). The van der Waals surface area contributed by atoms with E-state index in [4.69, 9.17) is 4.42 Å². The number of amides is 1. The molecule has 0 aliphatic heterocycles. The van der Waals surface area contributed by atoms with Crippen molar-refractivity contribution in [1.29, 1.82) is 0 Å². The van der Waals surface area contributed by atoms with Gasteiger partial charge in [-0.25, -0.2) is 4.98 Å². The van der Waals surface area contributed by atoms with Gasteiger partial charge in [0.1, 0.15) is 17.1 Å². The van der Waals surface area contributed by atoms with Crippen LogP contribution in [0.25, 0.3) is 21.3 Å². The lowest BCUT2D eigenvalue weighted by atomic mass is 9.99. The molecular formula is C22H21N3O3S. The zero-order valence-electron chi connectivity index (χ0n) is 16.5. The van der Waals surface area contributed by atoms with E-state index in [9.17, 15) is 9.59 Å². The molecule has 0 aliphatic rings. The molecule has 1 N–H and O–H groups in total. The van der Waals surface area contributed by atoms with Crippen molar-refractivity contribution >= 4 is 27.5 Å². The maximum absolute atomic E-state index is 13.2. The number of carbonyl (C=O) groups is 1. The largest absolute Gasteiger partial charge is 0.467 e. The first-order valence-corrected chi connectivity index (χ1v) is 10.1. The molecule has 3 aromatic heterocycles. The zero-order valence-corrected chi connectivity index (χ0v) is 17.3. The first-order chi connectivity index (χ1) is 13.9. The summed E-state index contributed by atoms with van der Waals surface area (Å²) in [5.74, 6) is 0.383. The van der Waals surface area contributed by atoms with Gasteiger partial charge in [0.2, 0.25) is 5.91 Å². The minimum Gasteiger partial charge on any atom is -0.467 e. The normalized spacial score (nSPS) is 11.1. The predicted molar refractivity (Wildman–Crippen MR) is 114 cm³/mol. The van der Waals surface area contributed by atoms with Crippen LogP contribution in [0.1, 0.15) is 21.8 Å². The van der Waals surface area contributed by atoms with Gasteiger partial charge in [0.25, 0.3) is 5.56 Å². The second-order valence-electron chi connectivity index (χ2n) is 7.05. The molecule has 7 heteroatoms. The van der Waals surface area contributed by atoms with Crippen LogP contribution < -0.4 is 10.9 Å². The molecule has 4 aromatic rings. The minimum atomic E-state index is -0.274. The van der Waals surface area contributed by atoms with Crippen molar-refractivity contribution in [3.63, 3.8) is 0 Å². The van der Waals surface area contributed by atoms with Crippen molar-refractivity contribution in [1.82, 2.24) is 14.9 Å². The minimum absolute atomic E-state index is 0.0935. The van der Waals surface area contributed by atoms with Gasteiger partial charge < -0.3 is 9.73 Å². The zero-order chi connectivity index (χ0) is 20.5. The molecule has 0 spiro atoms. The summed E-state index contributed by atoms with van der Waals surface area (Å²) < 4.78 is 6.56. The monoisotopic (exact) mass is 407 g/mol. The molecule has 0 fully saturated rings. The molecule has 0 saturated carbocycles. The summed E-state index contributed by atoms with van der Waals surface area (Å²) in [6.45, 7) is 6.30. The summed E-state index contributed by atoms with van der Waals surface area (Å²) in [6, 6.07) is 9.73. The molecular weight excluding hydrogens is 386 g/mol. The molecule has 0 aliphatic carbocycles. The van der Waals surface area contributed by atoms with Crippen molar-refractivity contribution in [3.8, 4) is 11.1 Å². The number of rotatable bonds is 5. The van der Waals surface area contributed by atoms with Crippen molar-refractivity contribution in [2.45, 2.75) is 33.9 Å². The molecule has 3 heterocycles. The van der Waals surface area contributed by atoms with Crippen LogP contribution in [-0.4, -0.2) is 15.5 Å². The van der Waals surface area contributed by atoms with Crippen LogP contribution in [0.3, 0.4) is 0 Å². The Morgan fingerprint density at radius 3 is 2.76 bits per heavy atom.